The number of nitrogens with one attached hydrogen (secondary N) is 2. The molecular formula is C14H26N2S2. The molecule has 0 atom stereocenters. The zero-order chi connectivity index (χ0) is 12.8. The molecule has 0 heterocycles. The first-order valence-electron chi connectivity index (χ1n) is 7.37. The van der Waals surface area contributed by atoms with Gasteiger partial charge in [0, 0.05) is 17.3 Å². The Balaban J connectivity index is 1.65. The van der Waals surface area contributed by atoms with Crippen LogP contribution in [0, 0.1) is 0 Å². The van der Waals surface area contributed by atoms with Crippen LogP contribution in [0.1, 0.15) is 57.8 Å². The third kappa shape index (κ3) is 4.61. The van der Waals surface area contributed by atoms with Crippen LogP contribution >= 0.6 is 24.0 Å². The summed E-state index contributed by atoms with van der Waals surface area (Å²) in [4.78, 5) is 0. The normalized spacial score (nSPS) is 29.8. The molecule has 2 fully saturated rings. The molecule has 2 rings (SSSR count). The average Bonchev–Trinajstić information content (AvgIpc) is 2.40. The fourth-order valence-corrected chi connectivity index (χ4v) is 4.18. The minimum atomic E-state index is 0.608. The van der Waals surface area contributed by atoms with Crippen LogP contribution in [0.3, 0.4) is 0 Å². The molecule has 2 nitrogen and oxygen atoms in total. The quantitative estimate of drug-likeness (QED) is 0.776. The fourth-order valence-electron chi connectivity index (χ4n) is 3.10. The SMILES string of the molecule is CSC1CCC(NC(=S)NC2CCCCC2)CC1. The van der Waals surface area contributed by atoms with Crippen molar-refractivity contribution >= 4 is 29.1 Å². The van der Waals surface area contributed by atoms with Gasteiger partial charge in [-0.2, -0.15) is 11.8 Å². The van der Waals surface area contributed by atoms with Gasteiger partial charge < -0.3 is 10.6 Å². The topological polar surface area (TPSA) is 24.1 Å². The van der Waals surface area contributed by atoms with Gasteiger partial charge in [0.25, 0.3) is 0 Å². The number of hydrogen-bond acceptors (Lipinski definition) is 2. The first-order chi connectivity index (χ1) is 8.78. The Morgan fingerprint density at radius 2 is 1.44 bits per heavy atom. The van der Waals surface area contributed by atoms with Crippen molar-refractivity contribution in [2.24, 2.45) is 0 Å². The molecule has 0 aromatic carbocycles. The molecule has 0 unspecified atom stereocenters. The summed E-state index contributed by atoms with van der Waals surface area (Å²) in [7, 11) is 0. The Bertz CT molecular complexity index is 257. The Kier molecular flexibility index (Phi) is 6.09. The number of thioether (sulfide) groups is 1. The van der Waals surface area contributed by atoms with Crippen molar-refractivity contribution in [2.75, 3.05) is 6.26 Å². The van der Waals surface area contributed by atoms with E-state index >= 15 is 0 Å². The van der Waals surface area contributed by atoms with Gasteiger partial charge in [-0.1, -0.05) is 19.3 Å². The van der Waals surface area contributed by atoms with Gasteiger partial charge >= 0.3 is 0 Å². The highest BCUT2D eigenvalue weighted by Crippen LogP contribution is 2.26. The summed E-state index contributed by atoms with van der Waals surface area (Å²) in [5, 5.41) is 8.80. The molecule has 2 aliphatic rings. The molecule has 0 aliphatic heterocycles. The van der Waals surface area contributed by atoms with E-state index in [0.29, 0.717) is 12.1 Å². The second-order valence-electron chi connectivity index (χ2n) is 5.66. The second kappa shape index (κ2) is 7.59. The van der Waals surface area contributed by atoms with E-state index in [-0.39, 0.29) is 0 Å². The van der Waals surface area contributed by atoms with Crippen molar-refractivity contribution in [1.82, 2.24) is 10.6 Å². The summed E-state index contributed by atoms with van der Waals surface area (Å²) < 4.78 is 0. The van der Waals surface area contributed by atoms with Gasteiger partial charge in [0.2, 0.25) is 0 Å². The van der Waals surface area contributed by atoms with Crippen molar-refractivity contribution in [2.45, 2.75) is 75.1 Å². The van der Waals surface area contributed by atoms with Crippen LogP contribution in [0.5, 0.6) is 0 Å². The van der Waals surface area contributed by atoms with Crippen molar-refractivity contribution in [3.8, 4) is 0 Å². The minimum Gasteiger partial charge on any atom is -0.360 e. The summed E-state index contributed by atoms with van der Waals surface area (Å²) in [6.45, 7) is 0. The predicted molar refractivity (Wildman–Crippen MR) is 85.3 cm³/mol. The molecular weight excluding hydrogens is 260 g/mol. The molecule has 18 heavy (non-hydrogen) atoms. The second-order valence-corrected chi connectivity index (χ2v) is 7.21. The Morgan fingerprint density at radius 1 is 0.889 bits per heavy atom. The third-order valence-corrected chi connectivity index (χ3v) is 5.66. The Labute approximate surface area is 121 Å². The average molecular weight is 287 g/mol. The zero-order valence-corrected chi connectivity index (χ0v) is 13.0. The van der Waals surface area contributed by atoms with Crippen LogP contribution in [0.2, 0.25) is 0 Å². The van der Waals surface area contributed by atoms with E-state index < -0.39 is 0 Å². The first-order valence-corrected chi connectivity index (χ1v) is 9.07. The summed E-state index contributed by atoms with van der Waals surface area (Å²) >= 11 is 7.46. The summed E-state index contributed by atoms with van der Waals surface area (Å²) in [6, 6.07) is 1.23. The van der Waals surface area contributed by atoms with Crippen LogP contribution in [-0.4, -0.2) is 28.7 Å². The summed E-state index contributed by atoms with van der Waals surface area (Å²) in [5.41, 5.74) is 0. The number of thiocarbonyl (C=S) groups is 1. The van der Waals surface area contributed by atoms with E-state index in [2.05, 4.69) is 16.9 Å². The van der Waals surface area contributed by atoms with Crippen LogP contribution in [0.25, 0.3) is 0 Å². The van der Waals surface area contributed by atoms with Crippen LogP contribution in [0.4, 0.5) is 0 Å². The lowest BCUT2D eigenvalue weighted by atomic mass is 9.94. The maximum Gasteiger partial charge on any atom is 0.166 e. The maximum atomic E-state index is 5.45. The van der Waals surface area contributed by atoms with Gasteiger partial charge in [0.1, 0.15) is 0 Å². The number of hydrogen-bond donors (Lipinski definition) is 2. The smallest absolute Gasteiger partial charge is 0.166 e. The van der Waals surface area contributed by atoms with Crippen molar-refractivity contribution in [3.05, 3.63) is 0 Å². The fraction of sp³-hybridized carbons (Fsp3) is 0.929. The lowest BCUT2D eigenvalue weighted by molar-refractivity contribution is 0.396. The molecule has 0 aromatic heterocycles. The molecule has 2 N–H and O–H groups in total. The summed E-state index contributed by atoms with van der Waals surface area (Å²) in [6.07, 6.45) is 14.2. The van der Waals surface area contributed by atoms with E-state index in [0.717, 1.165) is 10.4 Å². The van der Waals surface area contributed by atoms with Gasteiger partial charge in [-0.3, -0.25) is 0 Å². The molecule has 104 valence electrons. The molecule has 0 spiro atoms. The van der Waals surface area contributed by atoms with Crippen LogP contribution in [0.15, 0.2) is 0 Å². The molecule has 0 bridgehead atoms. The molecule has 0 amide bonds. The monoisotopic (exact) mass is 286 g/mol. The molecule has 0 radical (unpaired) electrons. The largest absolute Gasteiger partial charge is 0.360 e. The standard InChI is InChI=1S/C14H26N2S2/c1-18-13-9-7-12(8-10-13)16-14(17)15-11-5-3-2-4-6-11/h11-13H,2-10H2,1H3,(H2,15,16,17). The van der Waals surface area contributed by atoms with Gasteiger partial charge in [-0.15, -0.1) is 0 Å². The highest BCUT2D eigenvalue weighted by Gasteiger charge is 2.21. The molecule has 0 saturated heterocycles. The Hall–Kier alpha value is 0.0400. The maximum absolute atomic E-state index is 5.45. The van der Waals surface area contributed by atoms with Gasteiger partial charge in [-0.05, 0) is 57.0 Å². The van der Waals surface area contributed by atoms with Crippen LogP contribution < -0.4 is 10.6 Å². The van der Waals surface area contributed by atoms with E-state index in [1.54, 1.807) is 0 Å². The zero-order valence-electron chi connectivity index (χ0n) is 11.4. The lowest BCUT2D eigenvalue weighted by Gasteiger charge is -2.31. The van der Waals surface area contributed by atoms with Gasteiger partial charge in [0.05, 0.1) is 0 Å². The molecule has 2 saturated carbocycles. The number of rotatable bonds is 3. The predicted octanol–water partition coefficient (Wildman–Crippen LogP) is 3.46. The highest BCUT2D eigenvalue weighted by molar-refractivity contribution is 7.99. The summed E-state index contributed by atoms with van der Waals surface area (Å²) in [5.74, 6) is 0. The van der Waals surface area contributed by atoms with Gasteiger partial charge in [0.15, 0.2) is 5.11 Å². The Morgan fingerprint density at radius 3 is 2.00 bits per heavy atom. The minimum absolute atomic E-state index is 0.608. The van der Waals surface area contributed by atoms with Crippen LogP contribution in [-0.2, 0) is 0 Å². The van der Waals surface area contributed by atoms with E-state index in [1.807, 2.05) is 11.8 Å². The molecule has 0 aromatic rings. The van der Waals surface area contributed by atoms with Crippen molar-refractivity contribution in [1.29, 1.82) is 0 Å². The van der Waals surface area contributed by atoms with E-state index in [9.17, 15) is 0 Å². The highest BCUT2D eigenvalue weighted by atomic mass is 32.2. The lowest BCUT2D eigenvalue weighted by Crippen LogP contribution is -2.47. The molecule has 2 aliphatic carbocycles. The van der Waals surface area contributed by atoms with E-state index in [4.69, 9.17) is 12.2 Å². The van der Waals surface area contributed by atoms with Crippen molar-refractivity contribution < 1.29 is 0 Å². The van der Waals surface area contributed by atoms with Crippen molar-refractivity contribution in [3.63, 3.8) is 0 Å². The molecule has 4 heteroatoms. The third-order valence-electron chi connectivity index (χ3n) is 4.28. The van der Waals surface area contributed by atoms with Gasteiger partial charge in [-0.25, -0.2) is 0 Å². The van der Waals surface area contributed by atoms with E-state index in [1.165, 1.54) is 57.8 Å². The first kappa shape index (κ1) is 14.4.